The van der Waals surface area contributed by atoms with E-state index in [1.165, 1.54) is 4.68 Å². The number of rotatable bonds is 6. The van der Waals surface area contributed by atoms with Gasteiger partial charge >= 0.3 is 0 Å². The highest BCUT2D eigenvalue weighted by molar-refractivity contribution is 5.55. The Morgan fingerprint density at radius 1 is 1.37 bits per heavy atom. The average Bonchev–Trinajstić information content (AvgIpc) is 3.05. The Labute approximate surface area is 111 Å². The van der Waals surface area contributed by atoms with Crippen molar-refractivity contribution in [2.24, 2.45) is 0 Å². The summed E-state index contributed by atoms with van der Waals surface area (Å²) < 4.78 is 3.41. The van der Waals surface area contributed by atoms with Gasteiger partial charge in [-0.1, -0.05) is 12.1 Å². The summed E-state index contributed by atoms with van der Waals surface area (Å²) in [7, 11) is 0. The topological polar surface area (TPSA) is 89.0 Å². The molecule has 2 aromatic heterocycles. The summed E-state index contributed by atoms with van der Waals surface area (Å²) in [5, 5.41) is 30.4. The molecule has 0 bridgehead atoms. The van der Waals surface area contributed by atoms with Crippen LogP contribution in [0.3, 0.4) is 0 Å². The standard InChI is InChI=1S/C12H19N5O2/c1-3-9(2)17-5-10(4-13-17)12-7-16(15-14-12)6-11(19)8-18/h4-5,7,9,11,18-19H,3,6,8H2,1-2H3/t9?,11-/m1/s1. The van der Waals surface area contributed by atoms with E-state index >= 15 is 0 Å². The molecule has 0 saturated heterocycles. The Kier molecular flexibility index (Phi) is 4.28. The molecule has 1 unspecified atom stereocenters. The average molecular weight is 265 g/mol. The second kappa shape index (κ2) is 5.94. The molecule has 7 nitrogen and oxygen atoms in total. The van der Waals surface area contributed by atoms with Gasteiger partial charge in [0.15, 0.2) is 0 Å². The van der Waals surface area contributed by atoms with E-state index in [2.05, 4.69) is 29.3 Å². The summed E-state index contributed by atoms with van der Waals surface area (Å²) in [6, 6.07) is 0.347. The van der Waals surface area contributed by atoms with Gasteiger partial charge in [-0.3, -0.25) is 4.68 Å². The monoisotopic (exact) mass is 265 g/mol. The van der Waals surface area contributed by atoms with Gasteiger partial charge in [0.1, 0.15) is 5.69 Å². The van der Waals surface area contributed by atoms with Gasteiger partial charge in [0, 0.05) is 17.8 Å². The zero-order valence-electron chi connectivity index (χ0n) is 11.1. The molecule has 104 valence electrons. The zero-order valence-corrected chi connectivity index (χ0v) is 11.1. The molecule has 0 aliphatic heterocycles. The molecule has 2 N–H and O–H groups in total. The predicted molar refractivity (Wildman–Crippen MR) is 69.3 cm³/mol. The molecule has 0 radical (unpaired) electrons. The first-order valence-electron chi connectivity index (χ1n) is 6.37. The maximum absolute atomic E-state index is 9.34. The highest BCUT2D eigenvalue weighted by Crippen LogP contribution is 2.18. The van der Waals surface area contributed by atoms with E-state index < -0.39 is 6.10 Å². The van der Waals surface area contributed by atoms with Crippen LogP contribution in [0.4, 0.5) is 0 Å². The molecule has 0 aliphatic rings. The second-order valence-electron chi connectivity index (χ2n) is 4.63. The van der Waals surface area contributed by atoms with E-state index in [1.807, 2.05) is 10.9 Å². The third-order valence-electron chi connectivity index (χ3n) is 3.09. The number of aromatic nitrogens is 5. The first-order valence-corrected chi connectivity index (χ1v) is 6.37. The normalized spacial score (nSPS) is 14.5. The highest BCUT2D eigenvalue weighted by atomic mass is 16.3. The molecule has 2 aromatic rings. The molecule has 0 amide bonds. The smallest absolute Gasteiger partial charge is 0.116 e. The van der Waals surface area contributed by atoms with Crippen molar-refractivity contribution in [3.8, 4) is 11.3 Å². The first kappa shape index (κ1) is 13.7. The summed E-state index contributed by atoms with van der Waals surface area (Å²) in [6.07, 6.45) is 5.61. The van der Waals surface area contributed by atoms with Crippen molar-refractivity contribution in [2.45, 2.75) is 39.0 Å². The van der Waals surface area contributed by atoms with E-state index in [4.69, 9.17) is 5.11 Å². The van der Waals surface area contributed by atoms with Gasteiger partial charge in [-0.25, -0.2) is 4.68 Å². The van der Waals surface area contributed by atoms with Crippen molar-refractivity contribution in [3.05, 3.63) is 18.6 Å². The van der Waals surface area contributed by atoms with E-state index in [1.54, 1.807) is 12.4 Å². The minimum atomic E-state index is -0.822. The van der Waals surface area contributed by atoms with Crippen molar-refractivity contribution < 1.29 is 10.2 Å². The maximum atomic E-state index is 9.34. The Morgan fingerprint density at radius 3 is 2.84 bits per heavy atom. The van der Waals surface area contributed by atoms with Gasteiger partial charge in [0.2, 0.25) is 0 Å². The van der Waals surface area contributed by atoms with Gasteiger partial charge in [-0.05, 0) is 13.3 Å². The molecule has 0 spiro atoms. The Morgan fingerprint density at radius 2 is 2.16 bits per heavy atom. The number of aliphatic hydroxyl groups excluding tert-OH is 2. The van der Waals surface area contributed by atoms with Crippen LogP contribution in [-0.4, -0.2) is 47.7 Å². The molecule has 2 atom stereocenters. The van der Waals surface area contributed by atoms with Crippen LogP contribution in [0.1, 0.15) is 26.3 Å². The van der Waals surface area contributed by atoms with Crippen LogP contribution in [0.2, 0.25) is 0 Å². The molecule has 0 saturated carbocycles. The minimum absolute atomic E-state index is 0.225. The van der Waals surface area contributed by atoms with Crippen LogP contribution in [0.5, 0.6) is 0 Å². The molecular weight excluding hydrogens is 246 g/mol. The maximum Gasteiger partial charge on any atom is 0.116 e. The highest BCUT2D eigenvalue weighted by Gasteiger charge is 2.11. The van der Waals surface area contributed by atoms with Crippen LogP contribution in [0.25, 0.3) is 11.3 Å². The van der Waals surface area contributed by atoms with Crippen molar-refractivity contribution >= 4 is 0 Å². The second-order valence-corrected chi connectivity index (χ2v) is 4.63. The summed E-state index contributed by atoms with van der Waals surface area (Å²) >= 11 is 0. The molecule has 2 heterocycles. The van der Waals surface area contributed by atoms with Crippen molar-refractivity contribution in [1.29, 1.82) is 0 Å². The van der Waals surface area contributed by atoms with Crippen LogP contribution in [0, 0.1) is 0 Å². The molecule has 2 rings (SSSR count). The number of hydrogen-bond acceptors (Lipinski definition) is 5. The van der Waals surface area contributed by atoms with E-state index in [9.17, 15) is 5.11 Å². The van der Waals surface area contributed by atoms with Crippen LogP contribution in [0.15, 0.2) is 18.6 Å². The first-order chi connectivity index (χ1) is 9.13. The van der Waals surface area contributed by atoms with Crippen molar-refractivity contribution in [3.63, 3.8) is 0 Å². The summed E-state index contributed by atoms with van der Waals surface area (Å²) in [5.74, 6) is 0. The number of hydrogen-bond donors (Lipinski definition) is 2. The quantitative estimate of drug-likeness (QED) is 0.792. The number of aliphatic hydroxyl groups is 2. The molecule has 0 fully saturated rings. The zero-order chi connectivity index (χ0) is 13.8. The third-order valence-corrected chi connectivity index (χ3v) is 3.09. The summed E-state index contributed by atoms with van der Waals surface area (Å²) in [6.45, 7) is 4.15. The summed E-state index contributed by atoms with van der Waals surface area (Å²) in [4.78, 5) is 0. The van der Waals surface area contributed by atoms with Gasteiger partial charge in [-0.2, -0.15) is 5.10 Å². The predicted octanol–water partition coefficient (Wildman–Crippen LogP) is 0.466. The lowest BCUT2D eigenvalue weighted by atomic mass is 10.2. The van der Waals surface area contributed by atoms with E-state index in [0.29, 0.717) is 11.7 Å². The largest absolute Gasteiger partial charge is 0.394 e. The third kappa shape index (κ3) is 3.18. The van der Waals surface area contributed by atoms with Crippen LogP contribution >= 0.6 is 0 Å². The van der Waals surface area contributed by atoms with E-state index in [0.717, 1.165) is 12.0 Å². The van der Waals surface area contributed by atoms with Crippen LogP contribution in [-0.2, 0) is 6.54 Å². The fraction of sp³-hybridized carbons (Fsp3) is 0.583. The SMILES string of the molecule is CCC(C)n1cc(-c2cn(C[C@@H](O)CO)nn2)cn1. The number of nitrogens with zero attached hydrogens (tertiary/aromatic N) is 5. The lowest BCUT2D eigenvalue weighted by Gasteiger charge is -2.07. The Bertz CT molecular complexity index is 522. The van der Waals surface area contributed by atoms with Gasteiger partial charge in [-0.15, -0.1) is 5.10 Å². The Balaban J connectivity index is 2.12. The van der Waals surface area contributed by atoms with Gasteiger partial charge < -0.3 is 10.2 Å². The molecule has 19 heavy (non-hydrogen) atoms. The lowest BCUT2D eigenvalue weighted by Crippen LogP contribution is -2.20. The minimum Gasteiger partial charge on any atom is -0.394 e. The fourth-order valence-electron chi connectivity index (χ4n) is 1.69. The lowest BCUT2D eigenvalue weighted by molar-refractivity contribution is 0.0778. The van der Waals surface area contributed by atoms with Gasteiger partial charge in [0.05, 0.1) is 31.6 Å². The molecular formula is C12H19N5O2. The summed E-state index contributed by atoms with van der Waals surface area (Å²) in [5.41, 5.74) is 1.60. The molecule has 0 aliphatic carbocycles. The van der Waals surface area contributed by atoms with Crippen LogP contribution < -0.4 is 0 Å². The fourth-order valence-corrected chi connectivity index (χ4v) is 1.69. The van der Waals surface area contributed by atoms with E-state index in [-0.39, 0.29) is 13.2 Å². The van der Waals surface area contributed by atoms with Crippen molar-refractivity contribution in [1.82, 2.24) is 24.8 Å². The molecule has 0 aromatic carbocycles. The molecule has 7 heteroatoms. The van der Waals surface area contributed by atoms with Gasteiger partial charge in [0.25, 0.3) is 0 Å². The van der Waals surface area contributed by atoms with Crippen molar-refractivity contribution in [2.75, 3.05) is 6.61 Å². The Hall–Kier alpha value is -1.73.